The number of imidazole rings is 1. The zero-order valence-corrected chi connectivity index (χ0v) is 26.2. The van der Waals surface area contributed by atoms with E-state index in [9.17, 15) is 4.79 Å². The van der Waals surface area contributed by atoms with Gasteiger partial charge in [0, 0.05) is 43.1 Å². The second-order valence-corrected chi connectivity index (χ2v) is 13.1. The van der Waals surface area contributed by atoms with Gasteiger partial charge in [-0.05, 0) is 108 Å². The number of likely N-dealkylation sites (tertiary alicyclic amines) is 1. The molecule has 2 bridgehead atoms. The molecule has 232 valence electrons. The summed E-state index contributed by atoms with van der Waals surface area (Å²) in [5.74, 6) is 2.24. The zero-order valence-electron chi connectivity index (χ0n) is 26.2. The van der Waals surface area contributed by atoms with Crippen LogP contribution in [0.15, 0.2) is 36.5 Å². The summed E-state index contributed by atoms with van der Waals surface area (Å²) < 4.78 is 10.3. The molecule has 7 rings (SSSR count). The molecule has 1 amide bonds. The first-order chi connectivity index (χ1) is 21.4. The van der Waals surface area contributed by atoms with Gasteiger partial charge >= 0.3 is 0 Å². The normalized spacial score (nSPS) is 20.5. The van der Waals surface area contributed by atoms with Gasteiger partial charge in [0.1, 0.15) is 0 Å². The second kappa shape index (κ2) is 12.2. The molecule has 0 spiro atoms. The molecule has 1 saturated carbocycles. The minimum atomic E-state index is -0.203. The van der Waals surface area contributed by atoms with Gasteiger partial charge in [-0.15, -0.1) is 0 Å². The lowest BCUT2D eigenvalue weighted by atomic mass is 9.97. The maximum absolute atomic E-state index is 13.8. The fourth-order valence-corrected chi connectivity index (χ4v) is 7.03. The highest BCUT2D eigenvalue weighted by Gasteiger charge is 2.32. The van der Waals surface area contributed by atoms with Crippen molar-refractivity contribution in [1.29, 1.82) is 0 Å². The monoisotopic (exact) mass is 596 g/mol. The van der Waals surface area contributed by atoms with Crippen molar-refractivity contribution in [2.45, 2.75) is 71.4 Å². The third kappa shape index (κ3) is 6.18. The minimum absolute atomic E-state index is 0.203. The van der Waals surface area contributed by atoms with Crippen molar-refractivity contribution in [3.8, 4) is 17.1 Å². The number of hydrogen-bond donors (Lipinski definition) is 2. The topological polar surface area (TPSA) is 102 Å². The predicted octanol–water partition coefficient (Wildman–Crippen LogP) is 5.88. The Bertz CT molecular complexity index is 1650. The Morgan fingerprint density at radius 2 is 1.89 bits per heavy atom. The van der Waals surface area contributed by atoms with E-state index in [1.54, 1.807) is 10.9 Å². The van der Waals surface area contributed by atoms with E-state index >= 15 is 0 Å². The average Bonchev–Trinajstić information content (AvgIpc) is 3.71. The van der Waals surface area contributed by atoms with Crippen LogP contribution in [0.25, 0.3) is 22.3 Å². The number of fused-ring (bicyclic) bond motifs is 7. The number of hydrogen-bond acceptors (Lipinski definition) is 7. The number of amides is 1. The van der Waals surface area contributed by atoms with Crippen LogP contribution in [0.4, 0.5) is 11.6 Å². The van der Waals surface area contributed by atoms with E-state index in [1.165, 1.54) is 45.2 Å². The lowest BCUT2D eigenvalue weighted by molar-refractivity contribution is 0.102. The average molecular weight is 597 g/mol. The number of ether oxygens (including phenoxy) is 1. The third-order valence-corrected chi connectivity index (χ3v) is 9.41. The number of benzene rings is 1. The van der Waals surface area contributed by atoms with Crippen LogP contribution < -0.4 is 15.4 Å². The highest BCUT2D eigenvalue weighted by atomic mass is 16.5. The predicted molar refractivity (Wildman–Crippen MR) is 173 cm³/mol. The molecule has 3 aromatic heterocycles. The molecule has 10 nitrogen and oxygen atoms in total. The molecular weight excluding hydrogens is 552 g/mol. The van der Waals surface area contributed by atoms with Crippen LogP contribution in [-0.2, 0) is 13.6 Å². The van der Waals surface area contributed by atoms with Crippen molar-refractivity contribution in [3.05, 3.63) is 47.8 Å². The van der Waals surface area contributed by atoms with E-state index in [2.05, 4.69) is 50.3 Å². The van der Waals surface area contributed by atoms with Crippen LogP contribution in [0.3, 0.4) is 0 Å². The number of carbonyl (C=O) groups excluding carboxylic acids is 1. The molecular formula is C34H44N8O2. The lowest BCUT2D eigenvalue weighted by Gasteiger charge is -2.29. The molecule has 2 aliphatic heterocycles. The van der Waals surface area contributed by atoms with Crippen molar-refractivity contribution >= 4 is 28.6 Å². The molecule has 10 heteroatoms. The Labute approximate surface area is 259 Å². The first kappa shape index (κ1) is 28.8. The van der Waals surface area contributed by atoms with E-state index < -0.39 is 0 Å². The molecule has 0 unspecified atom stereocenters. The standard InChI is InChI=1S/C34H44N8O2/c1-22-16-26-17-30(37-22)28-19-35-40(3)33(28)44-15-7-8-25(24-9-10-24)21-42-31-18-27(11-12-29(31)38-34(42)39-32(26)43)36-23(2)20-41-13-5-4-6-14-41/h11-12,16-19,23-25,36H,4-10,13-15,20-21H2,1-3H3,(H,38,39,43)/t23-,25+/m0/s1. The van der Waals surface area contributed by atoms with Crippen LogP contribution in [0.1, 0.15) is 67.9 Å². The Hall–Kier alpha value is -3.92. The molecule has 44 heavy (non-hydrogen) atoms. The number of aromatic nitrogens is 5. The maximum Gasteiger partial charge on any atom is 0.258 e. The molecule has 0 radical (unpaired) electrons. The summed E-state index contributed by atoms with van der Waals surface area (Å²) in [4.78, 5) is 26.1. The second-order valence-electron chi connectivity index (χ2n) is 13.1. The van der Waals surface area contributed by atoms with Gasteiger partial charge in [0.05, 0.1) is 35.1 Å². The Balaban J connectivity index is 1.23. The van der Waals surface area contributed by atoms with E-state index in [-0.39, 0.29) is 5.91 Å². The molecule has 1 aliphatic carbocycles. The highest BCUT2D eigenvalue weighted by Crippen LogP contribution is 2.41. The van der Waals surface area contributed by atoms with E-state index in [0.29, 0.717) is 47.6 Å². The van der Waals surface area contributed by atoms with Crippen molar-refractivity contribution < 1.29 is 9.53 Å². The number of anilines is 2. The highest BCUT2D eigenvalue weighted by molar-refractivity contribution is 6.05. The summed E-state index contributed by atoms with van der Waals surface area (Å²) >= 11 is 0. The van der Waals surface area contributed by atoms with Gasteiger partial charge in [-0.1, -0.05) is 6.42 Å². The first-order valence-electron chi connectivity index (χ1n) is 16.4. The molecule has 4 aromatic rings. The molecule has 2 N–H and O–H groups in total. The van der Waals surface area contributed by atoms with Crippen LogP contribution in [-0.4, -0.2) is 67.4 Å². The molecule has 3 aliphatic rings. The number of carbonyl (C=O) groups is 1. The van der Waals surface area contributed by atoms with E-state index in [0.717, 1.165) is 53.9 Å². The van der Waals surface area contributed by atoms with Gasteiger partial charge in [-0.3, -0.25) is 15.1 Å². The van der Waals surface area contributed by atoms with E-state index in [4.69, 9.17) is 14.7 Å². The molecule has 2 fully saturated rings. The van der Waals surface area contributed by atoms with Gasteiger partial charge in [0.15, 0.2) is 0 Å². The smallest absolute Gasteiger partial charge is 0.258 e. The van der Waals surface area contributed by atoms with Crippen LogP contribution in [0.5, 0.6) is 5.88 Å². The van der Waals surface area contributed by atoms with Gasteiger partial charge in [0.25, 0.3) is 5.91 Å². The Morgan fingerprint density at radius 1 is 1.05 bits per heavy atom. The number of pyridine rings is 1. The van der Waals surface area contributed by atoms with Crippen LogP contribution in [0, 0.1) is 18.8 Å². The van der Waals surface area contributed by atoms with Gasteiger partial charge < -0.3 is 19.5 Å². The number of rotatable bonds is 5. The zero-order chi connectivity index (χ0) is 30.2. The number of nitrogens with zero attached hydrogens (tertiary/aromatic N) is 6. The number of nitrogens with one attached hydrogen (secondary N) is 2. The molecule has 1 aromatic carbocycles. The quantitative estimate of drug-likeness (QED) is 0.297. The van der Waals surface area contributed by atoms with Gasteiger partial charge in [-0.2, -0.15) is 5.10 Å². The third-order valence-electron chi connectivity index (χ3n) is 9.41. The largest absolute Gasteiger partial charge is 0.477 e. The summed E-state index contributed by atoms with van der Waals surface area (Å²) in [6.07, 6.45) is 10.2. The van der Waals surface area contributed by atoms with Crippen molar-refractivity contribution in [2.24, 2.45) is 18.9 Å². The fourth-order valence-electron chi connectivity index (χ4n) is 7.03. The summed E-state index contributed by atoms with van der Waals surface area (Å²) in [6, 6.07) is 10.4. The Kier molecular flexibility index (Phi) is 8.01. The molecule has 5 heterocycles. The summed E-state index contributed by atoms with van der Waals surface area (Å²) in [6.45, 7) is 9.00. The summed E-state index contributed by atoms with van der Waals surface area (Å²) in [5, 5.41) is 11.4. The SMILES string of the molecule is Cc1cc2cc(n1)-c1cnn(C)c1OCCC[C@@H](C1CC1)Cn1c(nc3ccc(N[C@@H](C)CN4CCCCC4)cc31)NC2=O. The summed E-state index contributed by atoms with van der Waals surface area (Å²) in [5.41, 5.74) is 5.77. The minimum Gasteiger partial charge on any atom is -0.477 e. The number of piperidine rings is 1. The van der Waals surface area contributed by atoms with Crippen molar-refractivity contribution in [2.75, 3.05) is 36.9 Å². The van der Waals surface area contributed by atoms with Crippen molar-refractivity contribution in [3.63, 3.8) is 0 Å². The van der Waals surface area contributed by atoms with Gasteiger partial charge in [0.2, 0.25) is 11.8 Å². The van der Waals surface area contributed by atoms with E-state index in [1.807, 2.05) is 26.1 Å². The first-order valence-corrected chi connectivity index (χ1v) is 16.4. The lowest BCUT2D eigenvalue weighted by Crippen LogP contribution is -2.38. The Morgan fingerprint density at radius 3 is 2.70 bits per heavy atom. The van der Waals surface area contributed by atoms with Gasteiger partial charge in [-0.25, -0.2) is 9.67 Å². The fraction of sp³-hybridized carbons (Fsp3) is 0.529. The van der Waals surface area contributed by atoms with Crippen LogP contribution in [0.2, 0.25) is 0 Å². The molecule has 1 saturated heterocycles. The van der Waals surface area contributed by atoms with Crippen molar-refractivity contribution in [1.82, 2.24) is 29.2 Å². The maximum atomic E-state index is 13.8. The van der Waals surface area contributed by atoms with Crippen LogP contribution >= 0.6 is 0 Å². The molecule has 2 atom stereocenters. The number of aryl methyl sites for hydroxylation is 2. The summed E-state index contributed by atoms with van der Waals surface area (Å²) in [7, 11) is 1.88.